The van der Waals surface area contributed by atoms with Crippen molar-refractivity contribution in [3.8, 4) is 0 Å². The van der Waals surface area contributed by atoms with Crippen molar-refractivity contribution in [2.24, 2.45) is 10.9 Å². The second-order valence-electron chi connectivity index (χ2n) is 4.82. The fourth-order valence-corrected chi connectivity index (χ4v) is 1.98. The molecule has 1 aromatic carbocycles. The van der Waals surface area contributed by atoms with Gasteiger partial charge in [0.1, 0.15) is 11.4 Å². The van der Waals surface area contributed by atoms with E-state index >= 15 is 0 Å². The maximum absolute atomic E-state index is 12.0. The molecule has 1 aromatic heterocycles. The third-order valence-corrected chi connectivity index (χ3v) is 2.92. The standard InChI is InChI=1S/C14H17N3O3/c1-8-3-4-11-10(5-8)7-12(20-11)14(18)16-9(2)6-13(15)17-19/h3-5,7,9,19H,6H2,1-2H3,(H2,15,17)(H,16,18). The van der Waals surface area contributed by atoms with Crippen LogP contribution in [0.4, 0.5) is 0 Å². The molecule has 6 heteroatoms. The first-order valence-corrected chi connectivity index (χ1v) is 6.27. The number of nitrogens with one attached hydrogen (secondary N) is 1. The topological polar surface area (TPSA) is 101 Å². The van der Waals surface area contributed by atoms with Gasteiger partial charge in [-0.1, -0.05) is 16.8 Å². The summed E-state index contributed by atoms with van der Waals surface area (Å²) in [5.74, 6) is -0.00733. The average molecular weight is 275 g/mol. The van der Waals surface area contributed by atoms with Crippen LogP contribution in [0.2, 0.25) is 0 Å². The molecule has 0 radical (unpaired) electrons. The Bertz CT molecular complexity index is 661. The molecule has 0 bridgehead atoms. The number of carbonyl (C=O) groups is 1. The number of oxime groups is 1. The van der Waals surface area contributed by atoms with Crippen molar-refractivity contribution in [2.75, 3.05) is 0 Å². The number of carbonyl (C=O) groups excluding carboxylic acids is 1. The molecule has 1 heterocycles. The maximum Gasteiger partial charge on any atom is 0.287 e. The number of benzene rings is 1. The Kier molecular flexibility index (Phi) is 3.93. The summed E-state index contributed by atoms with van der Waals surface area (Å²) in [4.78, 5) is 12.0. The molecular formula is C14H17N3O3. The largest absolute Gasteiger partial charge is 0.451 e. The first kappa shape index (κ1) is 13.9. The second-order valence-corrected chi connectivity index (χ2v) is 4.82. The van der Waals surface area contributed by atoms with E-state index in [2.05, 4.69) is 10.5 Å². The van der Waals surface area contributed by atoms with Crippen LogP contribution < -0.4 is 11.1 Å². The van der Waals surface area contributed by atoms with Crippen LogP contribution in [0.15, 0.2) is 33.8 Å². The Morgan fingerprint density at radius 3 is 2.95 bits per heavy atom. The first-order valence-electron chi connectivity index (χ1n) is 6.27. The highest BCUT2D eigenvalue weighted by Gasteiger charge is 2.15. The Hall–Kier alpha value is -2.50. The van der Waals surface area contributed by atoms with Crippen LogP contribution in [0.1, 0.15) is 29.5 Å². The van der Waals surface area contributed by atoms with Gasteiger partial charge in [0, 0.05) is 17.8 Å². The van der Waals surface area contributed by atoms with Gasteiger partial charge < -0.3 is 20.7 Å². The number of furan rings is 1. The van der Waals surface area contributed by atoms with E-state index in [0.29, 0.717) is 5.58 Å². The summed E-state index contributed by atoms with van der Waals surface area (Å²) in [6, 6.07) is 7.16. The summed E-state index contributed by atoms with van der Waals surface area (Å²) >= 11 is 0. The van der Waals surface area contributed by atoms with Crippen LogP contribution in [0.25, 0.3) is 11.0 Å². The van der Waals surface area contributed by atoms with Crippen LogP contribution in [-0.4, -0.2) is 23.0 Å². The zero-order valence-corrected chi connectivity index (χ0v) is 11.4. The fourth-order valence-electron chi connectivity index (χ4n) is 1.98. The van der Waals surface area contributed by atoms with E-state index in [1.165, 1.54) is 0 Å². The van der Waals surface area contributed by atoms with Crippen molar-refractivity contribution in [3.63, 3.8) is 0 Å². The molecular weight excluding hydrogens is 258 g/mol. The van der Waals surface area contributed by atoms with Gasteiger partial charge in [-0.25, -0.2) is 0 Å². The van der Waals surface area contributed by atoms with Gasteiger partial charge in [0.25, 0.3) is 5.91 Å². The number of amides is 1. The number of nitrogens with zero attached hydrogens (tertiary/aromatic N) is 1. The summed E-state index contributed by atoms with van der Waals surface area (Å²) in [7, 11) is 0. The molecule has 20 heavy (non-hydrogen) atoms. The minimum Gasteiger partial charge on any atom is -0.451 e. The maximum atomic E-state index is 12.0. The Morgan fingerprint density at radius 2 is 2.25 bits per heavy atom. The van der Waals surface area contributed by atoms with E-state index in [4.69, 9.17) is 15.4 Å². The van der Waals surface area contributed by atoms with Crippen molar-refractivity contribution in [1.82, 2.24) is 5.32 Å². The van der Waals surface area contributed by atoms with Gasteiger partial charge in [0.05, 0.1) is 0 Å². The molecule has 0 fully saturated rings. The minimum absolute atomic E-state index is 0.0676. The highest BCUT2D eigenvalue weighted by atomic mass is 16.4. The van der Waals surface area contributed by atoms with E-state index in [-0.39, 0.29) is 30.0 Å². The Labute approximate surface area is 116 Å². The van der Waals surface area contributed by atoms with Gasteiger partial charge in [-0.3, -0.25) is 4.79 Å². The number of amidine groups is 1. The quantitative estimate of drug-likeness (QED) is 0.344. The third-order valence-electron chi connectivity index (χ3n) is 2.92. The summed E-state index contributed by atoms with van der Waals surface area (Å²) in [6.45, 7) is 3.74. The fraction of sp³-hybridized carbons (Fsp3) is 0.286. The molecule has 1 unspecified atom stereocenters. The monoisotopic (exact) mass is 275 g/mol. The van der Waals surface area contributed by atoms with Crippen LogP contribution in [-0.2, 0) is 0 Å². The summed E-state index contributed by atoms with van der Waals surface area (Å²) < 4.78 is 5.49. The third kappa shape index (κ3) is 3.09. The van der Waals surface area contributed by atoms with Gasteiger partial charge in [-0.2, -0.15) is 0 Å². The number of hydrogen-bond donors (Lipinski definition) is 3. The molecule has 0 saturated carbocycles. The zero-order valence-electron chi connectivity index (χ0n) is 11.4. The van der Waals surface area contributed by atoms with Crippen LogP contribution in [0.5, 0.6) is 0 Å². The highest BCUT2D eigenvalue weighted by molar-refractivity contribution is 5.96. The molecule has 2 rings (SSSR count). The number of nitrogens with two attached hydrogens (primary N) is 1. The van der Waals surface area contributed by atoms with Gasteiger partial charge in [0.15, 0.2) is 5.76 Å². The Balaban J connectivity index is 2.11. The summed E-state index contributed by atoms with van der Waals surface area (Å²) in [6.07, 6.45) is 0.265. The summed E-state index contributed by atoms with van der Waals surface area (Å²) in [5, 5.41) is 15.0. The van der Waals surface area contributed by atoms with Crippen LogP contribution >= 0.6 is 0 Å². The normalized spacial score (nSPS) is 13.4. The lowest BCUT2D eigenvalue weighted by Gasteiger charge is -2.11. The van der Waals surface area contributed by atoms with Gasteiger partial charge in [-0.05, 0) is 32.0 Å². The van der Waals surface area contributed by atoms with Crippen molar-refractivity contribution < 1.29 is 14.4 Å². The predicted octanol–water partition coefficient (Wildman–Crippen LogP) is 2.00. The molecule has 0 aliphatic heterocycles. The number of fused-ring (bicyclic) bond motifs is 1. The lowest BCUT2D eigenvalue weighted by molar-refractivity contribution is 0.0915. The van der Waals surface area contributed by atoms with Crippen LogP contribution in [0.3, 0.4) is 0 Å². The molecule has 6 nitrogen and oxygen atoms in total. The first-order chi connectivity index (χ1) is 9.49. The molecule has 2 aromatic rings. The second kappa shape index (κ2) is 5.64. The van der Waals surface area contributed by atoms with Crippen molar-refractivity contribution in [3.05, 3.63) is 35.6 Å². The van der Waals surface area contributed by atoms with E-state index in [1.807, 2.05) is 25.1 Å². The van der Waals surface area contributed by atoms with Gasteiger partial charge in [-0.15, -0.1) is 0 Å². The predicted molar refractivity (Wildman–Crippen MR) is 75.9 cm³/mol. The average Bonchev–Trinajstić information content (AvgIpc) is 2.81. The molecule has 0 saturated heterocycles. The van der Waals surface area contributed by atoms with Gasteiger partial charge >= 0.3 is 0 Å². The zero-order chi connectivity index (χ0) is 14.7. The minimum atomic E-state index is -0.322. The molecule has 1 atom stereocenters. The molecule has 0 spiro atoms. The number of aryl methyl sites for hydroxylation is 1. The molecule has 1 amide bonds. The smallest absolute Gasteiger partial charge is 0.287 e. The molecule has 4 N–H and O–H groups in total. The van der Waals surface area contributed by atoms with Crippen LogP contribution in [0, 0.1) is 6.92 Å². The lowest BCUT2D eigenvalue weighted by atomic mass is 10.2. The SMILES string of the molecule is Cc1ccc2oc(C(=O)NC(C)CC(N)=NO)cc2c1. The van der Waals surface area contributed by atoms with E-state index in [1.54, 1.807) is 13.0 Å². The van der Waals surface area contributed by atoms with Crippen molar-refractivity contribution in [1.29, 1.82) is 0 Å². The van der Waals surface area contributed by atoms with E-state index in [9.17, 15) is 4.79 Å². The van der Waals surface area contributed by atoms with Gasteiger partial charge in [0.2, 0.25) is 0 Å². The molecule has 106 valence electrons. The Morgan fingerprint density at radius 1 is 1.50 bits per heavy atom. The van der Waals surface area contributed by atoms with Crippen molar-refractivity contribution in [2.45, 2.75) is 26.3 Å². The molecule has 0 aliphatic rings. The number of rotatable bonds is 4. The lowest BCUT2D eigenvalue weighted by Crippen LogP contribution is -2.35. The number of hydrogen-bond acceptors (Lipinski definition) is 4. The van der Waals surface area contributed by atoms with E-state index in [0.717, 1.165) is 10.9 Å². The molecule has 0 aliphatic carbocycles. The highest BCUT2D eigenvalue weighted by Crippen LogP contribution is 2.20. The van der Waals surface area contributed by atoms with E-state index < -0.39 is 0 Å². The van der Waals surface area contributed by atoms with Crippen molar-refractivity contribution >= 4 is 22.7 Å². The summed E-state index contributed by atoms with van der Waals surface area (Å²) in [5.41, 5.74) is 7.16.